The van der Waals surface area contributed by atoms with Crippen LogP contribution < -0.4 is 5.32 Å². The second-order valence-corrected chi connectivity index (χ2v) is 9.09. The maximum absolute atomic E-state index is 6.27. The van der Waals surface area contributed by atoms with E-state index < -0.39 is 0 Å². The molecular formula is C18H30ClNS. The maximum Gasteiger partial charge on any atom is 0.0544 e. The van der Waals surface area contributed by atoms with Crippen molar-refractivity contribution in [1.82, 2.24) is 5.32 Å². The Hall–Kier alpha value is -0.0500. The lowest BCUT2D eigenvalue weighted by Gasteiger charge is -2.38. The van der Waals surface area contributed by atoms with Crippen molar-refractivity contribution >= 4 is 22.9 Å². The topological polar surface area (TPSA) is 12.0 Å². The fraction of sp³-hybridized carbons (Fsp3) is 0.778. The largest absolute Gasteiger partial charge is 0.312 e. The van der Waals surface area contributed by atoms with Crippen LogP contribution in [0.25, 0.3) is 0 Å². The normalized spacial score (nSPS) is 18.9. The summed E-state index contributed by atoms with van der Waals surface area (Å²) in [5, 5.41) is 6.76. The van der Waals surface area contributed by atoms with Gasteiger partial charge in [-0.05, 0) is 76.3 Å². The van der Waals surface area contributed by atoms with Crippen LogP contribution in [0, 0.1) is 5.41 Å². The van der Waals surface area contributed by atoms with Crippen LogP contribution in [0.1, 0.15) is 70.6 Å². The van der Waals surface area contributed by atoms with Gasteiger partial charge in [-0.1, -0.05) is 30.9 Å². The van der Waals surface area contributed by atoms with Crippen LogP contribution in [0.2, 0.25) is 5.02 Å². The molecule has 1 nitrogen and oxygen atoms in total. The Morgan fingerprint density at radius 1 is 1.19 bits per heavy atom. The van der Waals surface area contributed by atoms with Gasteiger partial charge in [0.05, 0.1) is 5.02 Å². The summed E-state index contributed by atoms with van der Waals surface area (Å²) in [6.07, 6.45) is 10.8. The summed E-state index contributed by atoms with van der Waals surface area (Å²) in [4.78, 5) is 1.38. The molecule has 0 radical (unpaired) electrons. The highest BCUT2D eigenvalue weighted by Gasteiger charge is 2.31. The molecule has 0 aromatic carbocycles. The van der Waals surface area contributed by atoms with E-state index in [1.165, 1.54) is 49.8 Å². The zero-order chi connectivity index (χ0) is 15.3. The fourth-order valence-corrected chi connectivity index (χ4v) is 4.65. The molecule has 3 heteroatoms. The van der Waals surface area contributed by atoms with Crippen molar-refractivity contribution in [3.05, 3.63) is 21.3 Å². The van der Waals surface area contributed by atoms with Gasteiger partial charge >= 0.3 is 0 Å². The second kappa shape index (κ2) is 7.48. The summed E-state index contributed by atoms with van der Waals surface area (Å²) in [5.41, 5.74) is 0.775. The van der Waals surface area contributed by atoms with Crippen molar-refractivity contribution in [2.45, 2.75) is 77.7 Å². The van der Waals surface area contributed by atoms with E-state index in [-0.39, 0.29) is 5.54 Å². The van der Waals surface area contributed by atoms with Crippen LogP contribution >= 0.6 is 22.9 Å². The average molecular weight is 328 g/mol. The Morgan fingerprint density at radius 3 is 2.48 bits per heavy atom. The van der Waals surface area contributed by atoms with Gasteiger partial charge in [-0.2, -0.15) is 0 Å². The van der Waals surface area contributed by atoms with Gasteiger partial charge in [0.1, 0.15) is 0 Å². The van der Waals surface area contributed by atoms with Crippen LogP contribution in [-0.4, -0.2) is 12.1 Å². The maximum atomic E-state index is 6.27. The molecule has 1 heterocycles. The summed E-state index contributed by atoms with van der Waals surface area (Å²) in [6.45, 7) is 7.91. The zero-order valence-electron chi connectivity index (χ0n) is 13.8. The minimum atomic E-state index is 0.229. The summed E-state index contributed by atoms with van der Waals surface area (Å²) >= 11 is 8.08. The molecule has 1 saturated carbocycles. The Labute approximate surface area is 139 Å². The molecule has 0 saturated heterocycles. The lowest BCUT2D eigenvalue weighted by Crippen LogP contribution is -2.39. The minimum Gasteiger partial charge on any atom is -0.312 e. The van der Waals surface area contributed by atoms with Crippen LogP contribution in [0.4, 0.5) is 0 Å². The molecule has 0 spiro atoms. The summed E-state index contributed by atoms with van der Waals surface area (Å²) in [6, 6.07) is 2.04. The van der Waals surface area contributed by atoms with Gasteiger partial charge in [0, 0.05) is 10.4 Å². The number of halogens is 1. The van der Waals surface area contributed by atoms with E-state index in [0.29, 0.717) is 5.41 Å². The van der Waals surface area contributed by atoms with Crippen molar-refractivity contribution in [2.75, 3.05) is 6.54 Å². The van der Waals surface area contributed by atoms with Gasteiger partial charge in [0.15, 0.2) is 0 Å². The van der Waals surface area contributed by atoms with Crippen LogP contribution in [0.5, 0.6) is 0 Å². The molecule has 1 fully saturated rings. The number of hydrogen-bond donors (Lipinski definition) is 1. The molecule has 1 aromatic heterocycles. The van der Waals surface area contributed by atoms with Crippen LogP contribution in [0.3, 0.4) is 0 Å². The Balaban J connectivity index is 1.91. The quantitative estimate of drug-likeness (QED) is 0.669. The van der Waals surface area contributed by atoms with Crippen molar-refractivity contribution in [1.29, 1.82) is 0 Å². The minimum absolute atomic E-state index is 0.229. The first-order valence-electron chi connectivity index (χ1n) is 8.37. The second-order valence-electron chi connectivity index (χ2n) is 7.68. The molecule has 0 aliphatic heterocycles. The summed E-state index contributed by atoms with van der Waals surface area (Å²) in [5.74, 6) is 0. The van der Waals surface area contributed by atoms with E-state index in [1.807, 2.05) is 17.4 Å². The van der Waals surface area contributed by atoms with Gasteiger partial charge < -0.3 is 5.32 Å². The predicted molar refractivity (Wildman–Crippen MR) is 95.5 cm³/mol. The number of rotatable bonds is 6. The van der Waals surface area contributed by atoms with E-state index in [2.05, 4.69) is 31.5 Å². The van der Waals surface area contributed by atoms with Crippen LogP contribution in [0.15, 0.2) is 11.4 Å². The number of hydrogen-bond acceptors (Lipinski definition) is 2. The highest BCUT2D eigenvalue weighted by Crippen LogP contribution is 2.43. The molecule has 1 N–H and O–H groups in total. The molecular weight excluding hydrogens is 298 g/mol. The van der Waals surface area contributed by atoms with Gasteiger partial charge in [0.25, 0.3) is 0 Å². The smallest absolute Gasteiger partial charge is 0.0544 e. The highest BCUT2D eigenvalue weighted by atomic mass is 35.5. The molecule has 0 bridgehead atoms. The van der Waals surface area contributed by atoms with E-state index in [0.717, 1.165) is 18.0 Å². The molecule has 0 atom stereocenters. The first-order chi connectivity index (χ1) is 9.90. The monoisotopic (exact) mass is 327 g/mol. The first kappa shape index (κ1) is 17.3. The van der Waals surface area contributed by atoms with E-state index in [4.69, 9.17) is 11.6 Å². The van der Waals surface area contributed by atoms with Gasteiger partial charge in [-0.15, -0.1) is 11.3 Å². The molecule has 0 amide bonds. The number of thiophene rings is 1. The number of nitrogens with one attached hydrogen (secondary N) is 1. The van der Waals surface area contributed by atoms with Crippen molar-refractivity contribution in [2.24, 2.45) is 5.41 Å². The standard InChI is InChI=1S/C18H30ClNS/c1-17(2,3)20-13-12-18(9-5-4-6-10-18)11-7-16-15(19)8-14-21-16/h8,14,20H,4-7,9-13H2,1-3H3. The molecule has 1 aliphatic carbocycles. The Morgan fingerprint density at radius 2 is 1.90 bits per heavy atom. The fourth-order valence-electron chi connectivity index (χ4n) is 3.51. The molecule has 1 aromatic rings. The van der Waals surface area contributed by atoms with E-state index >= 15 is 0 Å². The van der Waals surface area contributed by atoms with Crippen LogP contribution in [-0.2, 0) is 6.42 Å². The van der Waals surface area contributed by atoms with Crippen molar-refractivity contribution in [3.63, 3.8) is 0 Å². The molecule has 1 aliphatic rings. The Kier molecular flexibility index (Phi) is 6.16. The lowest BCUT2D eigenvalue weighted by molar-refractivity contribution is 0.153. The summed E-state index contributed by atoms with van der Waals surface area (Å²) in [7, 11) is 0. The van der Waals surface area contributed by atoms with Gasteiger partial charge in [0.2, 0.25) is 0 Å². The van der Waals surface area contributed by atoms with Gasteiger partial charge in [-0.3, -0.25) is 0 Å². The third kappa shape index (κ3) is 5.58. The molecule has 2 rings (SSSR count). The summed E-state index contributed by atoms with van der Waals surface area (Å²) < 4.78 is 0. The van der Waals surface area contributed by atoms with E-state index in [1.54, 1.807) is 0 Å². The van der Waals surface area contributed by atoms with Gasteiger partial charge in [-0.25, -0.2) is 0 Å². The Bertz CT molecular complexity index is 427. The zero-order valence-corrected chi connectivity index (χ0v) is 15.4. The SMILES string of the molecule is CC(C)(C)NCCC1(CCc2sccc2Cl)CCCCC1. The van der Waals surface area contributed by atoms with E-state index in [9.17, 15) is 0 Å². The van der Waals surface area contributed by atoms with Crippen molar-refractivity contribution < 1.29 is 0 Å². The average Bonchev–Trinajstić information content (AvgIpc) is 2.82. The molecule has 21 heavy (non-hydrogen) atoms. The first-order valence-corrected chi connectivity index (χ1v) is 9.63. The predicted octanol–water partition coefficient (Wildman–Crippen LogP) is 6.06. The molecule has 120 valence electrons. The highest BCUT2D eigenvalue weighted by molar-refractivity contribution is 7.10. The third-order valence-corrected chi connectivity index (χ3v) is 6.25. The third-order valence-electron chi connectivity index (χ3n) is 4.80. The molecule has 0 unspecified atom stereocenters. The number of aryl methyl sites for hydroxylation is 1. The lowest BCUT2D eigenvalue weighted by atomic mass is 9.69. The van der Waals surface area contributed by atoms with Crippen molar-refractivity contribution in [3.8, 4) is 0 Å².